The third-order valence-electron chi connectivity index (χ3n) is 3.36. The molecule has 94 valence electrons. The van der Waals surface area contributed by atoms with Gasteiger partial charge in [-0.3, -0.25) is 4.79 Å². The summed E-state index contributed by atoms with van der Waals surface area (Å²) in [5.74, 6) is 0.0951. The van der Waals surface area contributed by atoms with Crippen LogP contribution in [0.3, 0.4) is 0 Å². The van der Waals surface area contributed by atoms with E-state index in [1.165, 1.54) is 0 Å². The van der Waals surface area contributed by atoms with E-state index in [2.05, 4.69) is 12.2 Å². The number of hydrogen-bond acceptors (Lipinski definition) is 3. The Bertz CT molecular complexity index is 221. The van der Waals surface area contributed by atoms with E-state index >= 15 is 0 Å². The number of amides is 1. The maximum absolute atomic E-state index is 11.9. The molecule has 3 N–H and O–H groups in total. The van der Waals surface area contributed by atoms with Gasteiger partial charge in [-0.25, -0.2) is 0 Å². The molecule has 0 aromatic carbocycles. The van der Waals surface area contributed by atoms with Gasteiger partial charge in [0.15, 0.2) is 0 Å². The maximum Gasteiger partial charge on any atom is 0.224 e. The number of nitrogens with two attached hydrogens (primary N) is 1. The molecule has 0 aromatic heterocycles. The number of rotatable bonds is 6. The molecule has 16 heavy (non-hydrogen) atoms. The van der Waals surface area contributed by atoms with Crippen molar-refractivity contribution in [3.8, 4) is 0 Å². The summed E-state index contributed by atoms with van der Waals surface area (Å²) >= 11 is 0. The lowest BCUT2D eigenvalue weighted by Gasteiger charge is -2.18. The van der Waals surface area contributed by atoms with E-state index in [1.54, 1.807) is 7.11 Å². The van der Waals surface area contributed by atoms with Gasteiger partial charge in [0.25, 0.3) is 0 Å². The van der Waals surface area contributed by atoms with Gasteiger partial charge in [-0.05, 0) is 25.7 Å². The predicted molar refractivity (Wildman–Crippen MR) is 64.0 cm³/mol. The first-order valence-corrected chi connectivity index (χ1v) is 6.24. The van der Waals surface area contributed by atoms with Crippen LogP contribution < -0.4 is 11.1 Å². The van der Waals surface area contributed by atoms with Gasteiger partial charge in [-0.2, -0.15) is 0 Å². The molecule has 0 bridgehead atoms. The fraction of sp³-hybridized carbons (Fsp3) is 0.917. The lowest BCUT2D eigenvalue weighted by atomic mass is 10.0. The number of carbonyl (C=O) groups is 1. The fourth-order valence-electron chi connectivity index (χ4n) is 2.31. The van der Waals surface area contributed by atoms with Crippen LogP contribution in [0.25, 0.3) is 0 Å². The van der Waals surface area contributed by atoms with Crippen LogP contribution in [0, 0.1) is 5.92 Å². The van der Waals surface area contributed by atoms with E-state index in [9.17, 15) is 4.79 Å². The minimum atomic E-state index is -0.0217. The van der Waals surface area contributed by atoms with Crippen LogP contribution in [-0.2, 0) is 9.53 Å². The Labute approximate surface area is 97.9 Å². The van der Waals surface area contributed by atoms with Gasteiger partial charge in [-0.15, -0.1) is 0 Å². The van der Waals surface area contributed by atoms with E-state index in [0.29, 0.717) is 12.6 Å². The van der Waals surface area contributed by atoms with Crippen LogP contribution in [-0.4, -0.2) is 31.7 Å². The van der Waals surface area contributed by atoms with Gasteiger partial charge < -0.3 is 15.8 Å². The largest absolute Gasteiger partial charge is 0.381 e. The van der Waals surface area contributed by atoms with Gasteiger partial charge >= 0.3 is 0 Å². The Morgan fingerprint density at radius 2 is 2.31 bits per heavy atom. The van der Waals surface area contributed by atoms with Gasteiger partial charge in [0.05, 0.1) is 12.0 Å². The highest BCUT2D eigenvalue weighted by Gasteiger charge is 2.27. The van der Waals surface area contributed by atoms with Gasteiger partial charge in [0.2, 0.25) is 5.91 Å². The van der Waals surface area contributed by atoms with Crippen LogP contribution in [0.1, 0.15) is 39.0 Å². The summed E-state index contributed by atoms with van der Waals surface area (Å²) in [5.41, 5.74) is 5.60. The Balaban J connectivity index is 2.33. The molecule has 1 aliphatic carbocycles. The first-order valence-electron chi connectivity index (χ1n) is 6.24. The molecule has 4 heteroatoms. The van der Waals surface area contributed by atoms with Crippen molar-refractivity contribution in [1.29, 1.82) is 0 Å². The predicted octanol–water partition coefficient (Wildman–Crippen LogP) is 1.05. The van der Waals surface area contributed by atoms with Crippen molar-refractivity contribution in [2.75, 3.05) is 13.7 Å². The monoisotopic (exact) mass is 228 g/mol. The van der Waals surface area contributed by atoms with Gasteiger partial charge in [-0.1, -0.05) is 13.3 Å². The van der Waals surface area contributed by atoms with Crippen LogP contribution in [0.4, 0.5) is 0 Å². The topological polar surface area (TPSA) is 64.4 Å². The van der Waals surface area contributed by atoms with Gasteiger partial charge in [0, 0.05) is 19.7 Å². The molecule has 1 amide bonds. The highest BCUT2D eigenvalue weighted by atomic mass is 16.5. The number of hydrogen-bond donors (Lipinski definition) is 2. The average molecular weight is 228 g/mol. The average Bonchev–Trinajstić information content (AvgIpc) is 2.73. The molecular weight excluding hydrogens is 204 g/mol. The summed E-state index contributed by atoms with van der Waals surface area (Å²) in [6.07, 6.45) is 5.19. The van der Waals surface area contributed by atoms with E-state index in [0.717, 1.165) is 32.1 Å². The Kier molecular flexibility index (Phi) is 5.77. The Morgan fingerprint density at radius 3 is 2.81 bits per heavy atom. The SMILES string of the molecule is CCCC(CN)C(=O)NC1CCC(OC)C1. The molecule has 3 atom stereocenters. The minimum Gasteiger partial charge on any atom is -0.381 e. The van der Waals surface area contributed by atoms with Crippen molar-refractivity contribution in [3.05, 3.63) is 0 Å². The van der Waals surface area contributed by atoms with Crippen molar-refractivity contribution >= 4 is 5.91 Å². The van der Waals surface area contributed by atoms with Gasteiger partial charge in [0.1, 0.15) is 0 Å². The first-order chi connectivity index (χ1) is 7.71. The fourth-order valence-corrected chi connectivity index (χ4v) is 2.31. The van der Waals surface area contributed by atoms with Crippen LogP contribution >= 0.6 is 0 Å². The van der Waals surface area contributed by atoms with E-state index in [1.807, 2.05) is 0 Å². The summed E-state index contributed by atoms with van der Waals surface area (Å²) in [4.78, 5) is 11.9. The number of carbonyl (C=O) groups excluding carboxylic acids is 1. The molecule has 0 radical (unpaired) electrons. The Hall–Kier alpha value is -0.610. The smallest absolute Gasteiger partial charge is 0.224 e. The summed E-state index contributed by atoms with van der Waals surface area (Å²) in [6, 6.07) is 0.281. The maximum atomic E-state index is 11.9. The zero-order valence-electron chi connectivity index (χ0n) is 10.4. The van der Waals surface area contributed by atoms with Crippen LogP contribution in [0.5, 0.6) is 0 Å². The second-order valence-electron chi connectivity index (χ2n) is 4.60. The lowest BCUT2D eigenvalue weighted by molar-refractivity contribution is -0.125. The molecule has 0 heterocycles. The second-order valence-corrected chi connectivity index (χ2v) is 4.60. The van der Waals surface area contributed by atoms with Crippen LogP contribution in [0.15, 0.2) is 0 Å². The zero-order valence-corrected chi connectivity index (χ0v) is 10.4. The van der Waals surface area contributed by atoms with E-state index < -0.39 is 0 Å². The van der Waals surface area contributed by atoms with Crippen molar-refractivity contribution in [2.24, 2.45) is 11.7 Å². The molecule has 3 unspecified atom stereocenters. The molecule has 0 spiro atoms. The standard InChI is InChI=1S/C12H24N2O2/c1-3-4-9(8-13)12(15)14-10-5-6-11(7-10)16-2/h9-11H,3-8,13H2,1-2H3,(H,14,15). The third kappa shape index (κ3) is 3.76. The number of ether oxygens (including phenoxy) is 1. The molecule has 0 aromatic rings. The molecule has 1 fully saturated rings. The summed E-state index contributed by atoms with van der Waals surface area (Å²) in [7, 11) is 1.73. The second kappa shape index (κ2) is 6.86. The highest BCUT2D eigenvalue weighted by molar-refractivity contribution is 5.79. The molecule has 1 rings (SSSR count). The molecule has 0 aliphatic heterocycles. The molecule has 1 aliphatic rings. The quantitative estimate of drug-likeness (QED) is 0.714. The number of methoxy groups -OCH3 is 1. The lowest BCUT2D eigenvalue weighted by Crippen LogP contribution is -2.40. The number of nitrogens with one attached hydrogen (secondary N) is 1. The highest BCUT2D eigenvalue weighted by Crippen LogP contribution is 2.21. The Morgan fingerprint density at radius 1 is 1.56 bits per heavy atom. The molecule has 0 saturated heterocycles. The van der Waals surface area contributed by atoms with Crippen molar-refractivity contribution in [1.82, 2.24) is 5.32 Å². The van der Waals surface area contributed by atoms with Crippen molar-refractivity contribution in [3.63, 3.8) is 0 Å². The normalized spacial score (nSPS) is 26.7. The molecular formula is C12H24N2O2. The van der Waals surface area contributed by atoms with Crippen LogP contribution in [0.2, 0.25) is 0 Å². The first kappa shape index (κ1) is 13.5. The zero-order chi connectivity index (χ0) is 12.0. The minimum absolute atomic E-state index is 0.0217. The van der Waals surface area contributed by atoms with E-state index in [-0.39, 0.29) is 17.9 Å². The third-order valence-corrected chi connectivity index (χ3v) is 3.36. The molecule has 4 nitrogen and oxygen atoms in total. The van der Waals surface area contributed by atoms with E-state index in [4.69, 9.17) is 10.5 Å². The van der Waals surface area contributed by atoms with Crippen molar-refractivity contribution in [2.45, 2.75) is 51.2 Å². The summed E-state index contributed by atoms with van der Waals surface area (Å²) < 4.78 is 5.28. The molecule has 1 saturated carbocycles. The van der Waals surface area contributed by atoms with Crippen molar-refractivity contribution < 1.29 is 9.53 Å². The summed E-state index contributed by atoms with van der Waals surface area (Å²) in [5, 5.41) is 3.08. The summed E-state index contributed by atoms with van der Waals surface area (Å²) in [6.45, 7) is 2.52.